The number of hydrogen-bond acceptors (Lipinski definition) is 3. The summed E-state index contributed by atoms with van der Waals surface area (Å²) in [6, 6.07) is 16.9. The third-order valence-corrected chi connectivity index (χ3v) is 3.67. The molecule has 0 aliphatic heterocycles. The molecule has 0 saturated carbocycles. The molecule has 0 aliphatic carbocycles. The van der Waals surface area contributed by atoms with Gasteiger partial charge in [0.25, 0.3) is 0 Å². The van der Waals surface area contributed by atoms with E-state index >= 15 is 0 Å². The molecule has 0 N–H and O–H groups in total. The molecule has 0 unspecified atom stereocenters. The van der Waals surface area contributed by atoms with Crippen molar-refractivity contribution in [2.45, 2.75) is 12.8 Å². The highest BCUT2D eigenvalue weighted by atomic mass is 32.1. The van der Waals surface area contributed by atoms with Crippen LogP contribution in [0, 0.1) is 0 Å². The van der Waals surface area contributed by atoms with Crippen LogP contribution in [0.15, 0.2) is 61.2 Å². The molecule has 0 saturated heterocycles. The van der Waals surface area contributed by atoms with Gasteiger partial charge in [0.1, 0.15) is 0 Å². The Morgan fingerprint density at radius 1 is 0.955 bits per heavy atom. The van der Waals surface area contributed by atoms with E-state index in [4.69, 9.17) is 4.74 Å². The van der Waals surface area contributed by atoms with Crippen LogP contribution in [-0.4, -0.2) is 18.3 Å². The van der Waals surface area contributed by atoms with E-state index in [9.17, 15) is 4.79 Å². The van der Waals surface area contributed by atoms with Gasteiger partial charge in [-0.2, -0.15) is 12.6 Å². The van der Waals surface area contributed by atoms with Crippen molar-refractivity contribution in [2.24, 2.45) is 0 Å². The molecule has 2 nitrogen and oxygen atoms in total. The fraction of sp³-hybridized carbons (Fsp3) is 0.211. The number of esters is 1. The lowest BCUT2D eigenvalue weighted by molar-refractivity contribution is -0.137. The van der Waals surface area contributed by atoms with Crippen molar-refractivity contribution in [2.75, 3.05) is 12.4 Å². The summed E-state index contributed by atoms with van der Waals surface area (Å²) in [6.07, 6.45) is 2.88. The Kier molecular flexibility index (Phi) is 6.28. The highest BCUT2D eigenvalue weighted by Crippen LogP contribution is 2.21. The van der Waals surface area contributed by atoms with E-state index in [-0.39, 0.29) is 5.97 Å². The Bertz CT molecular complexity index is 615. The normalized spacial score (nSPS) is 10.2. The van der Waals surface area contributed by atoms with Crippen molar-refractivity contribution in [3.8, 4) is 11.1 Å². The van der Waals surface area contributed by atoms with Crippen LogP contribution < -0.4 is 0 Å². The Balaban J connectivity index is 1.96. The van der Waals surface area contributed by atoms with Gasteiger partial charge in [0.15, 0.2) is 0 Å². The van der Waals surface area contributed by atoms with Crippen molar-refractivity contribution in [3.63, 3.8) is 0 Å². The number of carbonyl (C=O) groups excluding carboxylic acids is 1. The maximum atomic E-state index is 11.0. The SMILES string of the molecule is C=CC(=O)OCCc1ccc(-c2ccc(CCS)cc2)cc1. The fourth-order valence-electron chi connectivity index (χ4n) is 2.19. The van der Waals surface area contributed by atoms with Gasteiger partial charge in [-0.05, 0) is 34.4 Å². The predicted octanol–water partition coefficient (Wildman–Crippen LogP) is 4.10. The topological polar surface area (TPSA) is 26.3 Å². The van der Waals surface area contributed by atoms with Gasteiger partial charge < -0.3 is 4.74 Å². The molecule has 0 aromatic heterocycles. The molecule has 2 aromatic rings. The zero-order valence-electron chi connectivity index (χ0n) is 12.5. The number of rotatable bonds is 7. The molecule has 3 heteroatoms. The van der Waals surface area contributed by atoms with Gasteiger partial charge >= 0.3 is 5.97 Å². The molecule has 0 atom stereocenters. The van der Waals surface area contributed by atoms with Gasteiger partial charge in [0.05, 0.1) is 6.61 Å². The summed E-state index contributed by atoms with van der Waals surface area (Å²) < 4.78 is 4.98. The van der Waals surface area contributed by atoms with Crippen molar-refractivity contribution >= 4 is 18.6 Å². The van der Waals surface area contributed by atoms with Crippen LogP contribution in [0.3, 0.4) is 0 Å². The number of ether oxygens (including phenoxy) is 1. The molecule has 0 fully saturated rings. The minimum atomic E-state index is -0.377. The summed E-state index contributed by atoms with van der Waals surface area (Å²) in [5, 5.41) is 0. The Morgan fingerprint density at radius 3 is 1.91 bits per heavy atom. The summed E-state index contributed by atoms with van der Waals surface area (Å²) >= 11 is 4.25. The predicted molar refractivity (Wildman–Crippen MR) is 94.3 cm³/mol. The lowest BCUT2D eigenvalue weighted by atomic mass is 10.0. The molecule has 0 spiro atoms. The first kappa shape index (κ1) is 16.4. The molecule has 0 aliphatic rings. The molecular formula is C19H20O2S. The molecule has 2 rings (SSSR count). The lowest BCUT2D eigenvalue weighted by Gasteiger charge is -2.06. The maximum Gasteiger partial charge on any atom is 0.330 e. The third-order valence-electron chi connectivity index (χ3n) is 3.44. The molecule has 0 amide bonds. The second-order valence-corrected chi connectivity index (χ2v) is 5.44. The Morgan fingerprint density at radius 2 is 1.45 bits per heavy atom. The summed E-state index contributed by atoms with van der Waals surface area (Å²) in [5.41, 5.74) is 4.84. The number of benzene rings is 2. The molecule has 0 bridgehead atoms. The van der Waals surface area contributed by atoms with Crippen molar-refractivity contribution in [1.29, 1.82) is 0 Å². The van der Waals surface area contributed by atoms with E-state index < -0.39 is 0 Å². The van der Waals surface area contributed by atoms with E-state index in [0.29, 0.717) is 13.0 Å². The van der Waals surface area contributed by atoms with E-state index in [1.54, 1.807) is 0 Å². The summed E-state index contributed by atoms with van der Waals surface area (Å²) in [7, 11) is 0. The Labute approximate surface area is 137 Å². The maximum absolute atomic E-state index is 11.0. The van der Waals surface area contributed by atoms with Gasteiger partial charge in [0, 0.05) is 12.5 Å². The van der Waals surface area contributed by atoms with Crippen LogP contribution in [0.5, 0.6) is 0 Å². The number of hydrogen-bond donors (Lipinski definition) is 1. The second kappa shape index (κ2) is 8.44. The standard InChI is InChI=1S/C19H20O2S/c1-2-19(20)21-13-11-15-3-7-17(8-4-15)18-9-5-16(6-10-18)12-14-22/h2-10,22H,1,11-14H2. The van der Waals surface area contributed by atoms with Crippen LogP contribution >= 0.6 is 12.6 Å². The number of thiol groups is 1. The van der Waals surface area contributed by atoms with Gasteiger partial charge in [-0.3, -0.25) is 0 Å². The van der Waals surface area contributed by atoms with E-state index in [2.05, 4.69) is 67.7 Å². The van der Waals surface area contributed by atoms with Crippen LogP contribution in [0.1, 0.15) is 11.1 Å². The average molecular weight is 312 g/mol. The first-order valence-corrected chi connectivity index (χ1v) is 7.94. The van der Waals surface area contributed by atoms with Crippen LogP contribution in [0.2, 0.25) is 0 Å². The zero-order valence-corrected chi connectivity index (χ0v) is 13.4. The smallest absolute Gasteiger partial charge is 0.330 e. The van der Waals surface area contributed by atoms with Crippen molar-refractivity contribution < 1.29 is 9.53 Å². The molecule has 0 radical (unpaired) electrons. The van der Waals surface area contributed by atoms with Crippen molar-refractivity contribution in [3.05, 3.63) is 72.3 Å². The third kappa shape index (κ3) is 4.78. The summed E-state index contributed by atoms with van der Waals surface area (Å²) in [6.45, 7) is 3.75. The van der Waals surface area contributed by atoms with Crippen molar-refractivity contribution in [1.82, 2.24) is 0 Å². The second-order valence-electron chi connectivity index (χ2n) is 4.99. The van der Waals surface area contributed by atoms with E-state index in [1.165, 1.54) is 22.8 Å². The summed E-state index contributed by atoms with van der Waals surface area (Å²) in [4.78, 5) is 11.0. The highest BCUT2D eigenvalue weighted by molar-refractivity contribution is 7.80. The minimum absolute atomic E-state index is 0.377. The van der Waals surface area contributed by atoms with Crippen LogP contribution in [0.25, 0.3) is 11.1 Å². The van der Waals surface area contributed by atoms with Gasteiger partial charge in [0.2, 0.25) is 0 Å². The van der Waals surface area contributed by atoms with Gasteiger partial charge in [-0.1, -0.05) is 55.1 Å². The molecular weight excluding hydrogens is 292 g/mol. The van der Waals surface area contributed by atoms with E-state index in [1.807, 2.05) is 0 Å². The average Bonchev–Trinajstić information content (AvgIpc) is 2.56. The molecule has 2 aromatic carbocycles. The zero-order chi connectivity index (χ0) is 15.8. The highest BCUT2D eigenvalue weighted by Gasteiger charge is 2.01. The molecule has 114 valence electrons. The lowest BCUT2D eigenvalue weighted by Crippen LogP contribution is -2.04. The first-order valence-electron chi connectivity index (χ1n) is 7.31. The summed E-state index contributed by atoms with van der Waals surface area (Å²) in [5.74, 6) is 0.489. The van der Waals surface area contributed by atoms with Crippen LogP contribution in [0.4, 0.5) is 0 Å². The van der Waals surface area contributed by atoms with Gasteiger partial charge in [-0.25, -0.2) is 4.79 Å². The molecule has 0 heterocycles. The largest absolute Gasteiger partial charge is 0.462 e. The van der Waals surface area contributed by atoms with E-state index in [0.717, 1.165) is 17.7 Å². The van der Waals surface area contributed by atoms with Crippen LogP contribution in [-0.2, 0) is 22.4 Å². The quantitative estimate of drug-likeness (QED) is 0.473. The fourth-order valence-corrected chi connectivity index (χ4v) is 2.44. The number of aryl methyl sites for hydroxylation is 1. The number of carbonyl (C=O) groups is 1. The monoisotopic (exact) mass is 312 g/mol. The Hall–Kier alpha value is -2.00. The first-order chi connectivity index (χ1) is 10.7. The molecule has 22 heavy (non-hydrogen) atoms. The minimum Gasteiger partial charge on any atom is -0.462 e. The van der Waals surface area contributed by atoms with Gasteiger partial charge in [-0.15, -0.1) is 0 Å².